The van der Waals surface area contributed by atoms with Crippen LogP contribution in [0.5, 0.6) is 11.5 Å². The molecule has 1 aliphatic rings. The van der Waals surface area contributed by atoms with Gasteiger partial charge in [-0.3, -0.25) is 4.79 Å². The van der Waals surface area contributed by atoms with Gasteiger partial charge in [0.25, 0.3) is 0 Å². The van der Waals surface area contributed by atoms with Crippen LogP contribution in [0.15, 0.2) is 54.9 Å². The lowest BCUT2D eigenvalue weighted by Gasteiger charge is -2.28. The minimum Gasteiger partial charge on any atom is -0.462 e. The van der Waals surface area contributed by atoms with Crippen LogP contribution < -0.4 is 10.5 Å². The summed E-state index contributed by atoms with van der Waals surface area (Å²) in [7, 11) is 0. The van der Waals surface area contributed by atoms with E-state index >= 15 is 0 Å². The van der Waals surface area contributed by atoms with E-state index < -0.39 is 5.82 Å². The number of para-hydroxylation sites is 1. The van der Waals surface area contributed by atoms with E-state index in [-0.39, 0.29) is 23.9 Å². The zero-order chi connectivity index (χ0) is 23.7. The van der Waals surface area contributed by atoms with Crippen molar-refractivity contribution in [2.75, 3.05) is 5.73 Å². The van der Waals surface area contributed by atoms with Gasteiger partial charge in [-0.1, -0.05) is 12.1 Å². The van der Waals surface area contributed by atoms with Gasteiger partial charge in [0.2, 0.25) is 0 Å². The predicted molar refractivity (Wildman–Crippen MR) is 125 cm³/mol. The van der Waals surface area contributed by atoms with E-state index in [9.17, 15) is 9.18 Å². The van der Waals surface area contributed by atoms with Crippen molar-refractivity contribution in [2.24, 2.45) is 0 Å². The summed E-state index contributed by atoms with van der Waals surface area (Å²) in [5, 5.41) is 5.54. The topological polar surface area (TPSA) is 105 Å². The molecule has 0 saturated heterocycles. The second-order valence-electron chi connectivity index (χ2n) is 8.36. The van der Waals surface area contributed by atoms with E-state index in [0.717, 1.165) is 24.8 Å². The lowest BCUT2D eigenvalue weighted by atomic mass is 9.93. The molecule has 0 spiro atoms. The highest BCUT2D eigenvalue weighted by molar-refractivity contribution is 5.98. The Hall–Kier alpha value is -4.01. The summed E-state index contributed by atoms with van der Waals surface area (Å²) in [5.74, 6) is 0.285. The minimum absolute atomic E-state index is 0.0207. The molecule has 174 valence electrons. The Morgan fingerprint density at radius 2 is 1.91 bits per heavy atom. The van der Waals surface area contributed by atoms with E-state index in [0.29, 0.717) is 34.7 Å². The van der Waals surface area contributed by atoms with Gasteiger partial charge in [0.15, 0.2) is 17.2 Å². The molecule has 0 unspecified atom stereocenters. The first kappa shape index (κ1) is 21.8. The quantitative estimate of drug-likeness (QED) is 0.415. The van der Waals surface area contributed by atoms with Crippen LogP contribution in [0.25, 0.3) is 22.3 Å². The molecule has 1 saturated carbocycles. The number of nitrogen functional groups attached to an aromatic ring is 1. The first-order valence-electron chi connectivity index (χ1n) is 11.2. The summed E-state index contributed by atoms with van der Waals surface area (Å²) in [4.78, 5) is 20.1. The van der Waals surface area contributed by atoms with Crippen molar-refractivity contribution in [1.82, 2.24) is 19.7 Å². The molecule has 1 fully saturated rings. The average Bonchev–Trinajstić information content (AvgIpc) is 3.22. The fraction of sp³-hybridized carbons (Fsp3) is 0.280. The number of benzene rings is 2. The van der Waals surface area contributed by atoms with Gasteiger partial charge < -0.3 is 15.2 Å². The molecule has 5 rings (SSSR count). The number of fused-ring (bicyclic) bond motifs is 1. The van der Waals surface area contributed by atoms with Crippen molar-refractivity contribution in [1.29, 1.82) is 0 Å². The smallest absolute Gasteiger partial charge is 0.302 e. The SMILES string of the molecule is CC(=O)O[C@@H]1CCC[C@@H](n2nc(-c3ccc(Oc4ccccc4F)cc3)c3c(N)ncnc32)C1. The van der Waals surface area contributed by atoms with Crippen molar-refractivity contribution in [3.05, 3.63) is 60.7 Å². The standard InChI is InChI=1S/C25H24FN5O3/c1-15(32)33-19-6-4-5-17(13-19)31-25-22(24(27)28-14-29-25)23(30-31)16-9-11-18(12-10-16)34-21-8-3-2-7-20(21)26/h2-3,7-12,14,17,19H,4-6,13H2,1H3,(H2,27,28,29)/t17-,19-/m1/s1. The average molecular weight is 461 g/mol. The maximum atomic E-state index is 13.9. The molecular formula is C25H24FN5O3. The van der Waals surface area contributed by atoms with E-state index in [1.165, 1.54) is 19.3 Å². The number of nitrogens with zero attached hydrogens (tertiary/aromatic N) is 4. The van der Waals surface area contributed by atoms with Gasteiger partial charge in [0.1, 0.15) is 29.7 Å². The second kappa shape index (κ2) is 9.09. The number of carbonyl (C=O) groups excluding carboxylic acids is 1. The first-order chi connectivity index (χ1) is 16.5. The number of hydrogen-bond donors (Lipinski definition) is 1. The summed E-state index contributed by atoms with van der Waals surface area (Å²) < 4.78 is 26.9. The van der Waals surface area contributed by atoms with Crippen LogP contribution in [-0.4, -0.2) is 31.8 Å². The number of esters is 1. The van der Waals surface area contributed by atoms with Crippen LogP contribution in [0, 0.1) is 5.82 Å². The summed E-state index contributed by atoms with van der Waals surface area (Å²) in [5.41, 5.74) is 8.34. The zero-order valence-electron chi connectivity index (χ0n) is 18.6. The molecule has 34 heavy (non-hydrogen) atoms. The van der Waals surface area contributed by atoms with Crippen molar-refractivity contribution in [3.8, 4) is 22.8 Å². The molecule has 1 aliphatic carbocycles. The van der Waals surface area contributed by atoms with Gasteiger partial charge in [-0.15, -0.1) is 0 Å². The number of nitrogens with two attached hydrogens (primary N) is 1. The van der Waals surface area contributed by atoms with E-state index in [4.69, 9.17) is 20.3 Å². The third-order valence-electron chi connectivity index (χ3n) is 5.99. The van der Waals surface area contributed by atoms with E-state index in [1.807, 2.05) is 16.8 Å². The molecule has 2 heterocycles. The van der Waals surface area contributed by atoms with Gasteiger partial charge in [0, 0.05) is 18.9 Å². The Labute approximate surface area is 195 Å². The fourth-order valence-corrected chi connectivity index (χ4v) is 4.47. The monoisotopic (exact) mass is 461 g/mol. The molecular weight excluding hydrogens is 437 g/mol. The molecule has 9 heteroatoms. The lowest BCUT2D eigenvalue weighted by molar-refractivity contribution is -0.148. The van der Waals surface area contributed by atoms with Crippen molar-refractivity contribution in [3.63, 3.8) is 0 Å². The largest absolute Gasteiger partial charge is 0.462 e. The van der Waals surface area contributed by atoms with Crippen LogP contribution in [0.1, 0.15) is 38.6 Å². The molecule has 2 N–H and O–H groups in total. The Bertz CT molecular complexity index is 1340. The molecule has 0 amide bonds. The van der Waals surface area contributed by atoms with Crippen LogP contribution >= 0.6 is 0 Å². The first-order valence-corrected chi connectivity index (χ1v) is 11.2. The number of rotatable bonds is 5. The van der Waals surface area contributed by atoms with Crippen molar-refractivity contribution in [2.45, 2.75) is 44.8 Å². The van der Waals surface area contributed by atoms with Gasteiger partial charge in [-0.2, -0.15) is 5.10 Å². The normalized spacial score (nSPS) is 18.1. The maximum absolute atomic E-state index is 13.9. The number of ether oxygens (including phenoxy) is 2. The Balaban J connectivity index is 1.48. The van der Waals surface area contributed by atoms with Gasteiger partial charge in [-0.05, 0) is 55.7 Å². The van der Waals surface area contributed by atoms with Crippen LogP contribution in [0.3, 0.4) is 0 Å². The summed E-state index contributed by atoms with van der Waals surface area (Å²) >= 11 is 0. The third-order valence-corrected chi connectivity index (χ3v) is 5.99. The maximum Gasteiger partial charge on any atom is 0.302 e. The molecule has 8 nitrogen and oxygen atoms in total. The Morgan fingerprint density at radius 3 is 2.68 bits per heavy atom. The number of aromatic nitrogens is 4. The Morgan fingerprint density at radius 1 is 1.12 bits per heavy atom. The van der Waals surface area contributed by atoms with Gasteiger partial charge in [-0.25, -0.2) is 19.0 Å². The summed E-state index contributed by atoms with van der Waals surface area (Å²) in [6.07, 6.45) is 4.60. The molecule has 0 bridgehead atoms. The van der Waals surface area contributed by atoms with E-state index in [2.05, 4.69) is 9.97 Å². The fourth-order valence-electron chi connectivity index (χ4n) is 4.47. The van der Waals surface area contributed by atoms with Crippen molar-refractivity contribution >= 4 is 22.8 Å². The highest BCUT2D eigenvalue weighted by Crippen LogP contribution is 2.37. The van der Waals surface area contributed by atoms with Crippen molar-refractivity contribution < 1.29 is 18.7 Å². The Kier molecular flexibility index (Phi) is 5.83. The highest BCUT2D eigenvalue weighted by Gasteiger charge is 2.29. The number of anilines is 1. The molecule has 0 aliphatic heterocycles. The summed E-state index contributed by atoms with van der Waals surface area (Å²) in [6.45, 7) is 1.43. The second-order valence-corrected chi connectivity index (χ2v) is 8.36. The number of hydrogen-bond acceptors (Lipinski definition) is 7. The van der Waals surface area contributed by atoms with Gasteiger partial charge >= 0.3 is 5.97 Å². The predicted octanol–water partition coefficient (Wildman–Crippen LogP) is 5.05. The number of carbonyl (C=O) groups is 1. The van der Waals surface area contributed by atoms with Crippen LogP contribution in [-0.2, 0) is 9.53 Å². The zero-order valence-corrected chi connectivity index (χ0v) is 18.6. The third kappa shape index (κ3) is 4.28. The molecule has 2 aromatic heterocycles. The molecule has 4 aromatic rings. The van der Waals surface area contributed by atoms with Gasteiger partial charge in [0.05, 0.1) is 11.4 Å². The highest BCUT2D eigenvalue weighted by atomic mass is 19.1. The molecule has 2 atom stereocenters. The number of halogens is 1. The van der Waals surface area contributed by atoms with Crippen LogP contribution in [0.4, 0.5) is 10.2 Å². The van der Waals surface area contributed by atoms with Crippen LogP contribution in [0.2, 0.25) is 0 Å². The molecule has 0 radical (unpaired) electrons. The van der Waals surface area contributed by atoms with E-state index in [1.54, 1.807) is 30.3 Å². The molecule has 2 aromatic carbocycles. The lowest BCUT2D eigenvalue weighted by Crippen LogP contribution is -2.27. The minimum atomic E-state index is -0.430. The summed E-state index contributed by atoms with van der Waals surface area (Å²) in [6, 6.07) is 13.5.